The summed E-state index contributed by atoms with van der Waals surface area (Å²) in [4.78, 5) is 96.3. The summed E-state index contributed by atoms with van der Waals surface area (Å²) in [5.41, 5.74) is -2.93. The predicted molar refractivity (Wildman–Crippen MR) is 308 cm³/mol. The Hall–Kier alpha value is -7.61. The summed E-state index contributed by atoms with van der Waals surface area (Å²) < 4.78 is 25.3. The molecule has 0 aliphatic heterocycles. The van der Waals surface area contributed by atoms with Crippen LogP contribution in [0, 0.1) is 28.6 Å². The quantitative estimate of drug-likeness (QED) is 0.0428. The van der Waals surface area contributed by atoms with Crippen molar-refractivity contribution in [3.05, 3.63) is 114 Å². The molecule has 5 aromatic heterocycles. The third kappa shape index (κ3) is 10.7. The van der Waals surface area contributed by atoms with Gasteiger partial charge < -0.3 is 70.3 Å². The Morgan fingerprint density at radius 2 is 1.22 bits per heavy atom. The molecule has 9 rings (SSSR count). The number of nitrogens with one attached hydrogen (secondary N) is 7. The maximum absolute atomic E-state index is 17.6. The number of alkyl halides is 1. The molecular weight excluding hydrogens is 1080 g/mol. The van der Waals surface area contributed by atoms with Gasteiger partial charge in [-0.25, -0.2) is 9.37 Å². The van der Waals surface area contributed by atoms with E-state index < -0.39 is 69.6 Å². The maximum Gasteiger partial charge on any atom is 0.291 e. The largest absolute Gasteiger partial charge is 0.390 e. The average molecular weight is 1150 g/mol. The molecule has 5 amide bonds. The third-order valence-corrected chi connectivity index (χ3v) is 18.4. The Labute approximate surface area is 476 Å². The van der Waals surface area contributed by atoms with Gasteiger partial charge in [-0.2, -0.15) is 11.8 Å². The van der Waals surface area contributed by atoms with Crippen LogP contribution >= 0.6 is 24.0 Å². The van der Waals surface area contributed by atoms with Crippen LogP contribution < -0.4 is 37.2 Å². The molecule has 0 bridgehead atoms. The van der Waals surface area contributed by atoms with Crippen molar-refractivity contribution in [1.82, 2.24) is 43.8 Å². The number of nitrogens with zero attached hydrogens (tertiary/aromatic N) is 6. The van der Waals surface area contributed by atoms with Crippen LogP contribution in [0.25, 0.3) is 0 Å². The molecule has 0 unspecified atom stereocenters. The zero-order chi connectivity index (χ0) is 58.5. The summed E-state index contributed by atoms with van der Waals surface area (Å²) in [6.07, 6.45) is 13.8. The third-order valence-electron chi connectivity index (χ3n) is 17.1. The van der Waals surface area contributed by atoms with Gasteiger partial charge in [-0.05, 0) is 93.1 Å². The zero-order valence-corrected chi connectivity index (χ0v) is 47.9. The monoisotopic (exact) mass is 1150 g/mol. The second-order valence-corrected chi connectivity index (χ2v) is 23.7. The summed E-state index contributed by atoms with van der Waals surface area (Å²) in [7, 11) is 8.31. The zero-order valence-electron chi connectivity index (χ0n) is 46.3. The number of aliphatic hydroxyl groups excluding tert-OH is 1. The van der Waals surface area contributed by atoms with Gasteiger partial charge in [-0.15, -0.1) is 0 Å². The number of thioether (sulfide) groups is 1. The summed E-state index contributed by atoms with van der Waals surface area (Å²) >= 11 is 6.78. The van der Waals surface area contributed by atoms with E-state index >= 15 is 4.39 Å². The summed E-state index contributed by atoms with van der Waals surface area (Å²) in [6, 6.07) is 6.07. The van der Waals surface area contributed by atoms with E-state index in [9.17, 15) is 43.8 Å². The number of aryl methyl sites for hydroxylation is 5. The standard InChI is InChI=1S/C56H68FN13O9S2/c1-31-19-39-38-10-9-32-20-37(71)11-12-53(32,2)55(38,57)44(72)25-54(39,3)56(31,79)45(73)30-81-18-16-61-52(80)60-14-13-59-47(74)40-21-33(26-67(40)5)62-48(75)41-22-34(27-68(41)6)63-49(76)42-23-35(28-69(42)7)64-50(77)43-24-36(29-70(43)8)65-51(78)46-58-15-17-66(46)4/h11-12,15,17,20-24,26-29,31,38-39,44,72,79H,9-10,13-14,16,18-19,25,30H2,1-8H3,(H,59,74)(H,62,75)(H,63,76)(H,64,77)(H,65,78)(H2,60,61,80)/t31-,38+,39+,44+,53+,54+,55+,56+/m0/s1. The number of ketones is 2. The first kappa shape index (κ1) is 58.1. The number of aliphatic hydroxyl groups is 2. The molecule has 8 atom stereocenters. The number of anilines is 4. The normalized spacial score (nSPS) is 25.4. The lowest BCUT2D eigenvalue weighted by Gasteiger charge is -2.62. The number of aromatic nitrogens is 6. The Balaban J connectivity index is 0.686. The molecule has 9 N–H and O–H groups in total. The van der Waals surface area contributed by atoms with E-state index in [4.69, 9.17) is 12.2 Å². The highest BCUT2D eigenvalue weighted by atomic mass is 32.2. The first-order valence-electron chi connectivity index (χ1n) is 26.6. The van der Waals surface area contributed by atoms with Crippen LogP contribution in [-0.2, 0) is 44.8 Å². The number of hydrogen-bond acceptors (Lipinski definition) is 12. The number of carbonyl (C=O) groups is 7. The van der Waals surface area contributed by atoms with Crippen molar-refractivity contribution < 1.29 is 48.2 Å². The Kier molecular flexibility index (Phi) is 16.0. The van der Waals surface area contributed by atoms with Crippen molar-refractivity contribution in [2.45, 2.75) is 63.8 Å². The first-order chi connectivity index (χ1) is 38.3. The highest BCUT2D eigenvalue weighted by molar-refractivity contribution is 8.00. The van der Waals surface area contributed by atoms with Gasteiger partial charge in [-0.1, -0.05) is 25.5 Å². The molecule has 0 aromatic carbocycles. The highest BCUT2D eigenvalue weighted by Gasteiger charge is 2.75. The molecule has 3 saturated carbocycles. The molecule has 3 fully saturated rings. The average Bonchev–Trinajstić information content (AvgIpc) is 4.39. The van der Waals surface area contributed by atoms with Gasteiger partial charge in [0.15, 0.2) is 28.2 Å². The predicted octanol–water partition coefficient (Wildman–Crippen LogP) is 4.63. The number of fused-ring (bicyclic) bond motifs is 5. The molecule has 81 heavy (non-hydrogen) atoms. The van der Waals surface area contributed by atoms with E-state index in [-0.39, 0.29) is 64.8 Å². The van der Waals surface area contributed by atoms with Gasteiger partial charge >= 0.3 is 0 Å². The van der Waals surface area contributed by atoms with Crippen LogP contribution in [0.4, 0.5) is 27.1 Å². The van der Waals surface area contributed by atoms with Crippen LogP contribution in [0.1, 0.15) is 99.0 Å². The van der Waals surface area contributed by atoms with Gasteiger partial charge in [0.05, 0.1) is 34.6 Å². The van der Waals surface area contributed by atoms with Crippen molar-refractivity contribution in [2.75, 3.05) is 52.4 Å². The van der Waals surface area contributed by atoms with E-state index in [2.05, 4.69) is 42.2 Å². The molecule has 4 aliphatic carbocycles. The summed E-state index contributed by atoms with van der Waals surface area (Å²) in [5.74, 6) is -3.53. The van der Waals surface area contributed by atoms with E-state index in [0.29, 0.717) is 71.5 Å². The summed E-state index contributed by atoms with van der Waals surface area (Å²) in [5, 5.41) is 44.4. The number of rotatable bonds is 18. The summed E-state index contributed by atoms with van der Waals surface area (Å²) in [6.45, 7) is 6.33. The van der Waals surface area contributed by atoms with Gasteiger partial charge in [0.25, 0.3) is 29.5 Å². The van der Waals surface area contributed by atoms with Crippen molar-refractivity contribution in [3.63, 3.8) is 0 Å². The van der Waals surface area contributed by atoms with E-state index in [0.717, 1.165) is 0 Å². The van der Waals surface area contributed by atoms with Crippen molar-refractivity contribution in [3.8, 4) is 0 Å². The number of allylic oxidation sites excluding steroid dienone is 4. The van der Waals surface area contributed by atoms with Crippen LogP contribution in [0.15, 0.2) is 85.2 Å². The van der Waals surface area contributed by atoms with Crippen LogP contribution in [0.3, 0.4) is 0 Å². The number of amides is 5. The Morgan fingerprint density at radius 1 is 0.728 bits per heavy atom. The fourth-order valence-corrected chi connectivity index (χ4v) is 13.9. The van der Waals surface area contributed by atoms with Gasteiger partial charge in [0.1, 0.15) is 28.4 Å². The number of thiocarbonyl (C=S) groups is 1. The Bertz CT molecular complexity index is 3440. The molecule has 5 heterocycles. The number of halogens is 1. The molecule has 5 aromatic rings. The van der Waals surface area contributed by atoms with Gasteiger partial charge in [0.2, 0.25) is 0 Å². The van der Waals surface area contributed by atoms with Crippen molar-refractivity contribution in [2.24, 2.45) is 63.8 Å². The minimum Gasteiger partial charge on any atom is -0.390 e. The number of Topliss-reactive ketones (excluding diaryl/α,β-unsaturated/α-hetero) is 1. The maximum atomic E-state index is 17.6. The lowest BCUT2D eigenvalue weighted by atomic mass is 9.44. The molecule has 0 spiro atoms. The molecule has 22 nitrogen and oxygen atoms in total. The Morgan fingerprint density at radius 3 is 1.74 bits per heavy atom. The minimum absolute atomic E-state index is 0.0204. The molecular formula is C56H68FN13O9S2. The fourth-order valence-electron chi connectivity index (χ4n) is 12.9. The molecule has 25 heteroatoms. The number of hydrogen-bond donors (Lipinski definition) is 9. The smallest absolute Gasteiger partial charge is 0.291 e. The highest BCUT2D eigenvalue weighted by Crippen LogP contribution is 2.70. The molecule has 4 aliphatic rings. The van der Waals surface area contributed by atoms with E-state index in [1.54, 1.807) is 102 Å². The van der Waals surface area contributed by atoms with Gasteiger partial charge in [-0.3, -0.25) is 33.6 Å². The second-order valence-electron chi connectivity index (χ2n) is 22.2. The van der Waals surface area contributed by atoms with Crippen LogP contribution in [-0.4, -0.2) is 133 Å². The van der Waals surface area contributed by atoms with Crippen molar-refractivity contribution >= 4 is 92.9 Å². The number of carbonyl (C=O) groups excluding carboxylic acids is 7. The van der Waals surface area contributed by atoms with Crippen molar-refractivity contribution in [1.29, 1.82) is 0 Å². The minimum atomic E-state index is -2.05. The van der Waals surface area contributed by atoms with Crippen LogP contribution in [0.5, 0.6) is 0 Å². The lowest BCUT2D eigenvalue weighted by Crippen LogP contribution is -2.69. The van der Waals surface area contributed by atoms with E-state index in [1.165, 1.54) is 54.4 Å². The molecule has 0 radical (unpaired) electrons. The SMILES string of the molecule is C[C@H]1C[C@@H]2[C@H]3CCC4=CC(=O)C=C[C@@]4(C)[C@]3(F)[C@H](O)C[C@@]2(C)[C@]1(O)C(=O)CSCCNC(=S)NCCNC(=O)c1cc(NC(=O)c2cc(NC(=O)c3cc(NC(=O)c4cc(NC(=O)c5nccn5C)cn4C)cn3C)cn2C)cn1C. The molecule has 430 valence electrons. The second kappa shape index (κ2) is 22.4. The van der Waals surface area contributed by atoms with Gasteiger partial charge in [0, 0.05) is 115 Å². The molecule has 0 saturated heterocycles. The fraction of sp³-hybridized carbons (Fsp3) is 0.446. The topological polar surface area (TPSA) is 282 Å². The number of imidazole rings is 1. The lowest BCUT2D eigenvalue weighted by molar-refractivity contribution is -0.218. The first-order valence-corrected chi connectivity index (χ1v) is 28.2. The van der Waals surface area contributed by atoms with Crippen LogP contribution in [0.2, 0.25) is 0 Å². The van der Waals surface area contributed by atoms with E-state index in [1.807, 2.05) is 13.8 Å².